The summed E-state index contributed by atoms with van der Waals surface area (Å²) in [5, 5.41) is 8.72. The van der Waals surface area contributed by atoms with Crippen LogP contribution in [0.25, 0.3) is 0 Å². The molecule has 1 N–H and O–H groups in total. The Morgan fingerprint density at radius 1 is 0.842 bits per heavy atom. The molecule has 0 unspecified atom stereocenters. The van der Waals surface area contributed by atoms with E-state index in [2.05, 4.69) is 53.5 Å². The molecule has 0 atom stereocenters. The van der Waals surface area contributed by atoms with E-state index in [1.807, 2.05) is 0 Å². The molecule has 0 aromatic rings. The van der Waals surface area contributed by atoms with E-state index in [0.717, 1.165) is 19.6 Å². The number of rotatable bonds is 9. The molecule has 0 spiro atoms. The number of nitrogens with zero attached hydrogens (tertiary/aromatic N) is 1. The Morgan fingerprint density at radius 3 is 1.84 bits per heavy atom. The topological polar surface area (TPSA) is 32.7 Å². The molecule has 0 radical (unpaired) electrons. The second-order valence-corrected chi connectivity index (χ2v) is 4.96. The highest BCUT2D eigenvalue weighted by Gasteiger charge is 2.15. The minimum atomic E-state index is 0.0994. The Bertz CT molecular complexity index is 317. The van der Waals surface area contributed by atoms with Crippen LogP contribution in [0.3, 0.4) is 0 Å². The molecule has 2 aliphatic rings. The lowest BCUT2D eigenvalue weighted by molar-refractivity contribution is 0.0714. The van der Waals surface area contributed by atoms with Crippen LogP contribution in [0, 0.1) is 11.8 Å². The van der Waals surface area contributed by atoms with Crippen LogP contribution in [0.5, 0.6) is 0 Å². The average molecular weight is 261 g/mol. The maximum absolute atomic E-state index is 8.72. The number of aliphatic hydroxyl groups excluding tert-OH is 1. The third kappa shape index (κ3) is 5.15. The lowest BCUT2D eigenvalue weighted by Gasteiger charge is -2.26. The van der Waals surface area contributed by atoms with Crippen molar-refractivity contribution in [1.29, 1.82) is 0 Å². The summed E-state index contributed by atoms with van der Waals surface area (Å²) in [5.74, 6) is 1.04. The molecule has 3 heteroatoms. The van der Waals surface area contributed by atoms with E-state index in [4.69, 9.17) is 9.84 Å². The monoisotopic (exact) mass is 261 g/mol. The van der Waals surface area contributed by atoms with E-state index in [9.17, 15) is 0 Å². The van der Waals surface area contributed by atoms with E-state index in [0.29, 0.717) is 25.0 Å². The number of hydrogen-bond acceptors (Lipinski definition) is 3. The van der Waals surface area contributed by atoms with Crippen molar-refractivity contribution >= 4 is 0 Å². The second kappa shape index (κ2) is 8.10. The van der Waals surface area contributed by atoms with Gasteiger partial charge in [-0.05, 0) is 0 Å². The van der Waals surface area contributed by atoms with Crippen LogP contribution in [0.4, 0.5) is 0 Å². The predicted molar refractivity (Wildman–Crippen MR) is 77.9 cm³/mol. The minimum absolute atomic E-state index is 0.0994. The summed E-state index contributed by atoms with van der Waals surface area (Å²) in [6.45, 7) is 4.20. The fourth-order valence-electron chi connectivity index (χ4n) is 2.41. The smallest absolute Gasteiger partial charge is 0.0698 e. The van der Waals surface area contributed by atoms with Gasteiger partial charge in [0.05, 0.1) is 19.8 Å². The van der Waals surface area contributed by atoms with Gasteiger partial charge in [0.2, 0.25) is 0 Å². The normalized spacial score (nSPS) is 18.4. The summed E-state index contributed by atoms with van der Waals surface area (Å²) in [5.41, 5.74) is 0. The van der Waals surface area contributed by atoms with Crippen LogP contribution < -0.4 is 0 Å². The fraction of sp³-hybridized carbons (Fsp3) is 0.500. The van der Waals surface area contributed by atoms with Gasteiger partial charge < -0.3 is 9.84 Å². The summed E-state index contributed by atoms with van der Waals surface area (Å²) >= 11 is 0. The van der Waals surface area contributed by atoms with E-state index in [1.54, 1.807) is 0 Å². The van der Waals surface area contributed by atoms with Gasteiger partial charge in [-0.25, -0.2) is 0 Å². The summed E-state index contributed by atoms with van der Waals surface area (Å²) < 4.78 is 5.38. The number of aliphatic hydroxyl groups is 1. The highest BCUT2D eigenvalue weighted by Crippen LogP contribution is 2.15. The highest BCUT2D eigenvalue weighted by molar-refractivity contribution is 5.19. The molecular formula is C16H23NO2. The molecule has 0 amide bonds. The van der Waals surface area contributed by atoms with Crippen molar-refractivity contribution in [2.75, 3.05) is 39.5 Å². The molecule has 0 saturated carbocycles. The lowest BCUT2D eigenvalue weighted by Crippen LogP contribution is -2.34. The van der Waals surface area contributed by atoms with E-state index < -0.39 is 0 Å². The maximum atomic E-state index is 8.72. The largest absolute Gasteiger partial charge is 0.394 e. The summed E-state index contributed by atoms with van der Waals surface area (Å²) in [6.07, 6.45) is 17.4. The van der Waals surface area contributed by atoms with E-state index >= 15 is 0 Å². The van der Waals surface area contributed by atoms with Crippen molar-refractivity contribution in [1.82, 2.24) is 4.90 Å². The Hall–Kier alpha value is -1.16. The van der Waals surface area contributed by atoms with Crippen LogP contribution in [0.15, 0.2) is 48.6 Å². The highest BCUT2D eigenvalue weighted by atomic mass is 16.5. The molecule has 19 heavy (non-hydrogen) atoms. The van der Waals surface area contributed by atoms with Crippen molar-refractivity contribution < 1.29 is 9.84 Å². The van der Waals surface area contributed by atoms with Gasteiger partial charge in [0.15, 0.2) is 0 Å². The summed E-state index contributed by atoms with van der Waals surface area (Å²) in [7, 11) is 0. The number of ether oxygens (including phenoxy) is 1. The zero-order valence-electron chi connectivity index (χ0n) is 11.3. The van der Waals surface area contributed by atoms with Crippen molar-refractivity contribution in [3.8, 4) is 0 Å². The fourth-order valence-corrected chi connectivity index (χ4v) is 2.41. The molecule has 0 aromatic heterocycles. The first-order valence-electron chi connectivity index (χ1n) is 6.99. The molecule has 0 saturated heterocycles. The zero-order valence-corrected chi connectivity index (χ0v) is 11.3. The molecule has 0 aromatic carbocycles. The second-order valence-electron chi connectivity index (χ2n) is 4.96. The number of hydrogen-bond donors (Lipinski definition) is 1. The quantitative estimate of drug-likeness (QED) is 0.642. The van der Waals surface area contributed by atoms with Crippen molar-refractivity contribution in [3.63, 3.8) is 0 Å². The molecule has 2 rings (SSSR count). The first-order chi connectivity index (χ1) is 9.38. The number of allylic oxidation sites excluding steroid dienone is 4. The SMILES string of the molecule is OCCOCCN(CC1C=CC=C1)CC1C=CC=C1. The van der Waals surface area contributed by atoms with Crippen LogP contribution in [-0.4, -0.2) is 49.5 Å². The van der Waals surface area contributed by atoms with E-state index in [-0.39, 0.29) is 6.61 Å². The van der Waals surface area contributed by atoms with Crippen molar-refractivity contribution in [2.45, 2.75) is 0 Å². The molecule has 0 fully saturated rings. The van der Waals surface area contributed by atoms with Gasteiger partial charge in [-0.2, -0.15) is 0 Å². The molecule has 3 nitrogen and oxygen atoms in total. The van der Waals surface area contributed by atoms with Crippen LogP contribution >= 0.6 is 0 Å². The first kappa shape index (κ1) is 14.3. The summed E-state index contributed by atoms with van der Waals surface area (Å²) in [6, 6.07) is 0. The van der Waals surface area contributed by atoms with Gasteiger partial charge in [0, 0.05) is 31.5 Å². The van der Waals surface area contributed by atoms with Crippen LogP contribution in [0.2, 0.25) is 0 Å². The van der Waals surface area contributed by atoms with E-state index in [1.165, 1.54) is 0 Å². The molecule has 104 valence electrons. The first-order valence-corrected chi connectivity index (χ1v) is 6.99. The minimum Gasteiger partial charge on any atom is -0.394 e. The third-order valence-corrected chi connectivity index (χ3v) is 3.38. The van der Waals surface area contributed by atoms with Crippen molar-refractivity contribution in [2.24, 2.45) is 11.8 Å². The maximum Gasteiger partial charge on any atom is 0.0698 e. The molecule has 2 aliphatic carbocycles. The zero-order chi connectivity index (χ0) is 13.3. The molecular weight excluding hydrogens is 238 g/mol. The van der Waals surface area contributed by atoms with Crippen molar-refractivity contribution in [3.05, 3.63) is 48.6 Å². The van der Waals surface area contributed by atoms with Crippen LogP contribution in [0.1, 0.15) is 0 Å². The molecule has 0 bridgehead atoms. The third-order valence-electron chi connectivity index (χ3n) is 3.38. The van der Waals surface area contributed by atoms with Gasteiger partial charge in [-0.1, -0.05) is 48.6 Å². The van der Waals surface area contributed by atoms with Gasteiger partial charge >= 0.3 is 0 Å². The summed E-state index contributed by atoms with van der Waals surface area (Å²) in [4.78, 5) is 2.44. The Labute approximate surface area is 115 Å². The Morgan fingerprint density at radius 2 is 1.37 bits per heavy atom. The lowest BCUT2D eigenvalue weighted by atomic mass is 10.1. The Balaban J connectivity index is 1.77. The molecule has 0 aliphatic heterocycles. The Kier molecular flexibility index (Phi) is 6.08. The molecule has 0 heterocycles. The predicted octanol–water partition coefficient (Wildman–Crippen LogP) is 1.78. The van der Waals surface area contributed by atoms with Gasteiger partial charge in [-0.3, -0.25) is 4.90 Å². The van der Waals surface area contributed by atoms with Crippen LogP contribution in [-0.2, 0) is 4.74 Å². The van der Waals surface area contributed by atoms with Gasteiger partial charge in [0.25, 0.3) is 0 Å². The van der Waals surface area contributed by atoms with Gasteiger partial charge in [-0.15, -0.1) is 0 Å². The standard InChI is InChI=1S/C16H23NO2/c18-10-12-19-11-9-17(13-15-5-1-2-6-15)14-16-7-3-4-8-16/h1-8,15-16,18H,9-14H2. The van der Waals surface area contributed by atoms with Gasteiger partial charge in [0.1, 0.15) is 0 Å². The average Bonchev–Trinajstić information content (AvgIpc) is 3.08.